The first-order valence-corrected chi connectivity index (χ1v) is 9.76. The summed E-state index contributed by atoms with van der Waals surface area (Å²) in [4.78, 5) is 29.9. The number of aromatic nitrogens is 4. The van der Waals surface area contributed by atoms with Gasteiger partial charge >= 0.3 is 0 Å². The highest BCUT2D eigenvalue weighted by Gasteiger charge is 2.12. The fraction of sp³-hybridized carbons (Fsp3) is 0.200. The van der Waals surface area contributed by atoms with Crippen molar-refractivity contribution in [2.45, 2.75) is 26.8 Å². The zero-order valence-corrected chi connectivity index (χ0v) is 16.4. The molecule has 8 heteroatoms. The van der Waals surface area contributed by atoms with Gasteiger partial charge in [0.05, 0.1) is 28.8 Å². The van der Waals surface area contributed by atoms with Crippen LogP contribution < -0.4 is 10.9 Å². The van der Waals surface area contributed by atoms with Crippen LogP contribution in [0.1, 0.15) is 17.8 Å². The first kappa shape index (κ1) is 18.1. The lowest BCUT2D eigenvalue weighted by Crippen LogP contribution is -2.23. The van der Waals surface area contributed by atoms with Gasteiger partial charge in [-0.2, -0.15) is 5.10 Å². The van der Waals surface area contributed by atoms with Crippen LogP contribution in [0.25, 0.3) is 15.9 Å². The minimum Gasteiger partial charge on any atom is -0.324 e. The Kier molecular flexibility index (Phi) is 4.79. The number of benzene rings is 1. The number of nitrogens with one attached hydrogen (secondary N) is 1. The highest BCUT2D eigenvalue weighted by molar-refractivity contribution is 7.16. The standard InChI is InChI=1S/C20H19N5O2S/c1-13-11-14(2)25(23-13)17-6-4-3-5-16(17)22-18(26)7-9-24-12-21-19-15(20(24)27)8-10-28-19/h3-6,8,10-12H,7,9H2,1-2H3,(H,22,26). The molecule has 0 bridgehead atoms. The summed E-state index contributed by atoms with van der Waals surface area (Å²) in [5.41, 5.74) is 3.26. The van der Waals surface area contributed by atoms with Crippen LogP contribution in [0.3, 0.4) is 0 Å². The Labute approximate surface area is 165 Å². The summed E-state index contributed by atoms with van der Waals surface area (Å²) >= 11 is 1.43. The van der Waals surface area contributed by atoms with Gasteiger partial charge in [0.15, 0.2) is 0 Å². The van der Waals surface area contributed by atoms with Gasteiger partial charge in [0.25, 0.3) is 5.56 Å². The molecule has 0 atom stereocenters. The van der Waals surface area contributed by atoms with Crippen molar-refractivity contribution >= 4 is 33.1 Å². The molecule has 0 fully saturated rings. The summed E-state index contributed by atoms with van der Waals surface area (Å²) in [7, 11) is 0. The highest BCUT2D eigenvalue weighted by Crippen LogP contribution is 2.21. The molecule has 0 spiro atoms. The maximum absolute atomic E-state index is 12.5. The van der Waals surface area contributed by atoms with Gasteiger partial charge < -0.3 is 5.32 Å². The third kappa shape index (κ3) is 3.46. The van der Waals surface area contributed by atoms with Crippen molar-refractivity contribution in [2.75, 3.05) is 5.32 Å². The smallest absolute Gasteiger partial charge is 0.262 e. The number of amides is 1. The topological polar surface area (TPSA) is 81.8 Å². The van der Waals surface area contributed by atoms with Crippen LogP contribution in [-0.4, -0.2) is 25.2 Å². The van der Waals surface area contributed by atoms with Crippen molar-refractivity contribution in [2.24, 2.45) is 0 Å². The van der Waals surface area contributed by atoms with Gasteiger partial charge in [0, 0.05) is 18.7 Å². The fourth-order valence-electron chi connectivity index (χ4n) is 3.12. The summed E-state index contributed by atoms with van der Waals surface area (Å²) in [5.74, 6) is -0.175. The molecular formula is C20H19N5O2S. The Morgan fingerprint density at radius 1 is 1.21 bits per heavy atom. The fourth-order valence-corrected chi connectivity index (χ4v) is 3.85. The molecule has 142 valence electrons. The molecule has 0 aliphatic rings. The summed E-state index contributed by atoms with van der Waals surface area (Å²) in [6, 6.07) is 11.3. The number of aryl methyl sites for hydroxylation is 3. The van der Waals surface area contributed by atoms with E-state index in [-0.39, 0.29) is 24.4 Å². The number of hydrogen-bond acceptors (Lipinski definition) is 5. The van der Waals surface area contributed by atoms with E-state index in [1.165, 1.54) is 22.2 Å². The van der Waals surface area contributed by atoms with Crippen molar-refractivity contribution in [3.8, 4) is 5.69 Å². The summed E-state index contributed by atoms with van der Waals surface area (Å²) < 4.78 is 3.28. The molecular weight excluding hydrogens is 374 g/mol. The van der Waals surface area contributed by atoms with Crippen molar-refractivity contribution in [1.82, 2.24) is 19.3 Å². The van der Waals surface area contributed by atoms with Crippen molar-refractivity contribution in [3.63, 3.8) is 0 Å². The molecule has 7 nitrogen and oxygen atoms in total. The maximum Gasteiger partial charge on any atom is 0.262 e. The molecule has 0 saturated carbocycles. The minimum atomic E-state index is -0.175. The second-order valence-corrected chi connectivity index (χ2v) is 7.43. The second-order valence-electron chi connectivity index (χ2n) is 6.54. The number of rotatable bonds is 5. The lowest BCUT2D eigenvalue weighted by atomic mass is 10.2. The first-order chi connectivity index (χ1) is 13.5. The molecule has 1 aromatic carbocycles. The molecule has 0 unspecified atom stereocenters. The van der Waals surface area contributed by atoms with Gasteiger partial charge in [0.1, 0.15) is 4.83 Å². The summed E-state index contributed by atoms with van der Waals surface area (Å²) in [5, 5.41) is 9.85. The van der Waals surface area contributed by atoms with Crippen LogP contribution in [-0.2, 0) is 11.3 Å². The van der Waals surface area contributed by atoms with Crippen molar-refractivity contribution in [1.29, 1.82) is 0 Å². The number of carbonyl (C=O) groups is 1. The Balaban J connectivity index is 1.51. The van der Waals surface area contributed by atoms with Gasteiger partial charge in [-0.3, -0.25) is 14.2 Å². The van der Waals surface area contributed by atoms with Crippen LogP contribution >= 0.6 is 11.3 Å². The van der Waals surface area contributed by atoms with E-state index < -0.39 is 0 Å². The largest absolute Gasteiger partial charge is 0.324 e. The Morgan fingerprint density at radius 3 is 2.82 bits per heavy atom. The second kappa shape index (κ2) is 7.40. The molecule has 0 aliphatic carbocycles. The van der Waals surface area contributed by atoms with E-state index in [0.29, 0.717) is 15.9 Å². The maximum atomic E-state index is 12.5. The Hall–Kier alpha value is -3.26. The predicted molar refractivity (Wildman–Crippen MR) is 110 cm³/mol. The number of nitrogens with zero attached hydrogens (tertiary/aromatic N) is 4. The number of hydrogen-bond donors (Lipinski definition) is 1. The third-order valence-corrected chi connectivity index (χ3v) is 5.27. The number of carbonyl (C=O) groups excluding carboxylic acids is 1. The number of anilines is 1. The summed E-state index contributed by atoms with van der Waals surface area (Å²) in [6.07, 6.45) is 1.67. The van der Waals surface area contributed by atoms with E-state index in [4.69, 9.17) is 0 Å². The number of thiophene rings is 1. The van der Waals surface area contributed by atoms with E-state index in [2.05, 4.69) is 15.4 Å². The SMILES string of the molecule is Cc1cc(C)n(-c2ccccc2NC(=O)CCn2cnc3sccc3c2=O)n1. The normalized spacial score (nSPS) is 11.1. The molecule has 3 aromatic heterocycles. The lowest BCUT2D eigenvalue weighted by molar-refractivity contribution is -0.116. The summed E-state index contributed by atoms with van der Waals surface area (Å²) in [6.45, 7) is 4.17. The van der Waals surface area contributed by atoms with E-state index in [1.807, 2.05) is 54.2 Å². The third-order valence-electron chi connectivity index (χ3n) is 4.45. The van der Waals surface area contributed by atoms with Gasteiger partial charge in [-0.05, 0) is 43.5 Å². The molecule has 28 heavy (non-hydrogen) atoms. The first-order valence-electron chi connectivity index (χ1n) is 8.88. The van der Waals surface area contributed by atoms with E-state index in [9.17, 15) is 9.59 Å². The number of fused-ring (bicyclic) bond motifs is 1. The molecule has 4 aromatic rings. The lowest BCUT2D eigenvalue weighted by Gasteiger charge is -2.12. The van der Waals surface area contributed by atoms with Crippen LogP contribution in [0, 0.1) is 13.8 Å². The van der Waals surface area contributed by atoms with E-state index >= 15 is 0 Å². The molecule has 0 saturated heterocycles. The zero-order valence-electron chi connectivity index (χ0n) is 15.5. The van der Waals surface area contributed by atoms with Gasteiger partial charge in [-0.1, -0.05) is 12.1 Å². The Morgan fingerprint density at radius 2 is 2.04 bits per heavy atom. The number of para-hydroxylation sites is 2. The average Bonchev–Trinajstić information content (AvgIpc) is 3.28. The quantitative estimate of drug-likeness (QED) is 0.564. The van der Waals surface area contributed by atoms with Crippen LogP contribution in [0.2, 0.25) is 0 Å². The van der Waals surface area contributed by atoms with E-state index in [1.54, 1.807) is 6.07 Å². The van der Waals surface area contributed by atoms with Crippen molar-refractivity contribution in [3.05, 3.63) is 69.8 Å². The average molecular weight is 393 g/mol. The molecule has 3 heterocycles. The zero-order chi connectivity index (χ0) is 19.7. The van der Waals surface area contributed by atoms with Crippen molar-refractivity contribution < 1.29 is 4.79 Å². The van der Waals surface area contributed by atoms with Crippen LogP contribution in [0.15, 0.2) is 52.9 Å². The molecule has 0 radical (unpaired) electrons. The molecule has 0 aliphatic heterocycles. The molecule has 1 N–H and O–H groups in total. The van der Waals surface area contributed by atoms with Crippen LogP contribution in [0.5, 0.6) is 0 Å². The minimum absolute atomic E-state index is 0.123. The monoisotopic (exact) mass is 393 g/mol. The predicted octanol–water partition coefficient (Wildman–Crippen LogP) is 3.29. The highest BCUT2D eigenvalue weighted by atomic mass is 32.1. The van der Waals surface area contributed by atoms with Gasteiger partial charge in [-0.15, -0.1) is 11.3 Å². The van der Waals surface area contributed by atoms with Gasteiger partial charge in [-0.25, -0.2) is 9.67 Å². The molecule has 1 amide bonds. The molecule has 4 rings (SSSR count). The van der Waals surface area contributed by atoms with Gasteiger partial charge in [0.2, 0.25) is 5.91 Å². The van der Waals surface area contributed by atoms with Crippen LogP contribution in [0.4, 0.5) is 5.69 Å². The van der Waals surface area contributed by atoms with E-state index in [0.717, 1.165) is 17.1 Å². The Bertz CT molecular complexity index is 1220.